The van der Waals surface area contributed by atoms with Crippen LogP contribution in [0.15, 0.2) is 29.6 Å². The summed E-state index contributed by atoms with van der Waals surface area (Å²) in [4.78, 5) is 42.0. The largest absolute Gasteiger partial charge is 0.453 e. The van der Waals surface area contributed by atoms with Crippen molar-refractivity contribution in [2.75, 3.05) is 37.8 Å². The number of likely N-dealkylation sites (tertiary alicyclic amines) is 1. The van der Waals surface area contributed by atoms with Crippen LogP contribution >= 0.6 is 24.8 Å². The van der Waals surface area contributed by atoms with E-state index in [1.807, 2.05) is 5.38 Å². The Morgan fingerprint density at radius 3 is 2.73 bits per heavy atom. The molecule has 2 aromatic rings. The highest BCUT2D eigenvalue weighted by atomic mass is 32.1. The molecule has 2 heterocycles. The van der Waals surface area contributed by atoms with Gasteiger partial charge in [0.15, 0.2) is 5.13 Å². The Morgan fingerprint density at radius 2 is 2.03 bits per heavy atom. The van der Waals surface area contributed by atoms with Crippen molar-refractivity contribution in [3.63, 3.8) is 0 Å². The minimum absolute atomic E-state index is 0. The Morgan fingerprint density at radius 1 is 1.30 bits per heavy atom. The lowest BCUT2D eigenvalue weighted by Crippen LogP contribution is -2.39. The minimum Gasteiger partial charge on any atom is -0.453 e. The molecule has 11 heteroatoms. The zero-order valence-corrected chi connectivity index (χ0v) is 18.3. The highest BCUT2D eigenvalue weighted by Gasteiger charge is 2.27. The molecular formula is C19H25N5O4S2. The van der Waals surface area contributed by atoms with Crippen molar-refractivity contribution in [3.8, 4) is 0 Å². The predicted octanol–water partition coefficient (Wildman–Crippen LogP) is 2.15. The number of nitrogen functional groups attached to an aromatic ring is 1. The van der Waals surface area contributed by atoms with E-state index >= 15 is 0 Å². The van der Waals surface area contributed by atoms with Crippen LogP contribution < -0.4 is 16.4 Å². The summed E-state index contributed by atoms with van der Waals surface area (Å²) in [6.07, 6.45) is 1.45. The van der Waals surface area contributed by atoms with E-state index in [4.69, 9.17) is 10.5 Å². The van der Waals surface area contributed by atoms with Crippen molar-refractivity contribution < 1.29 is 19.1 Å². The van der Waals surface area contributed by atoms with Crippen LogP contribution in [0.2, 0.25) is 0 Å². The lowest BCUT2D eigenvalue weighted by molar-refractivity contribution is -0.115. The first-order valence-electron chi connectivity index (χ1n) is 9.18. The number of rotatable bonds is 5. The van der Waals surface area contributed by atoms with Crippen LogP contribution in [0.5, 0.6) is 0 Å². The number of piperidine rings is 1. The fourth-order valence-corrected chi connectivity index (χ4v) is 3.91. The van der Waals surface area contributed by atoms with Crippen LogP contribution in [0.25, 0.3) is 0 Å². The molecule has 0 spiro atoms. The number of hydrogen-bond donors (Lipinski definition) is 3. The third-order valence-corrected chi connectivity index (χ3v) is 5.40. The number of aromatic nitrogens is 1. The molecule has 9 nitrogen and oxygen atoms in total. The number of methoxy groups -OCH3 is 1. The molecule has 4 N–H and O–H groups in total. The molecular weight excluding hydrogens is 426 g/mol. The average molecular weight is 452 g/mol. The van der Waals surface area contributed by atoms with E-state index in [0.29, 0.717) is 29.5 Å². The minimum atomic E-state index is -0.366. The highest BCUT2D eigenvalue weighted by Crippen LogP contribution is 2.29. The number of ether oxygens (including phenoxy) is 1. The zero-order valence-electron chi connectivity index (χ0n) is 16.5. The van der Waals surface area contributed by atoms with Gasteiger partial charge in [0.1, 0.15) is 0 Å². The molecule has 3 amide bonds. The van der Waals surface area contributed by atoms with Gasteiger partial charge in [-0.3, -0.25) is 9.59 Å². The smallest absolute Gasteiger partial charge is 0.409 e. The number of carbonyl (C=O) groups excluding carboxylic acids is 3. The molecule has 1 atom stereocenters. The number of benzene rings is 1. The van der Waals surface area contributed by atoms with Gasteiger partial charge in [0.05, 0.1) is 19.3 Å². The molecule has 1 aromatic carbocycles. The van der Waals surface area contributed by atoms with E-state index in [9.17, 15) is 14.4 Å². The first-order valence-corrected chi connectivity index (χ1v) is 10.1. The zero-order chi connectivity index (χ0) is 20.8. The number of thiazole rings is 1. The number of hydrogen-bond acceptors (Lipinski definition) is 7. The summed E-state index contributed by atoms with van der Waals surface area (Å²) in [6, 6.07) is 6.44. The van der Waals surface area contributed by atoms with Crippen molar-refractivity contribution in [1.82, 2.24) is 15.2 Å². The van der Waals surface area contributed by atoms with Crippen molar-refractivity contribution in [2.24, 2.45) is 0 Å². The molecule has 162 valence electrons. The fourth-order valence-electron chi connectivity index (χ4n) is 3.11. The fraction of sp³-hybridized carbons (Fsp3) is 0.368. The van der Waals surface area contributed by atoms with Gasteiger partial charge in [-0.15, -0.1) is 11.3 Å². The average Bonchev–Trinajstić information content (AvgIpc) is 3.20. The molecule has 0 aliphatic carbocycles. The van der Waals surface area contributed by atoms with Gasteiger partial charge in [-0.05, 0) is 37.1 Å². The summed E-state index contributed by atoms with van der Waals surface area (Å²) in [6.45, 7) is 1.05. The Labute approximate surface area is 185 Å². The van der Waals surface area contributed by atoms with Crippen molar-refractivity contribution >= 4 is 53.6 Å². The molecule has 0 saturated carbocycles. The topological polar surface area (TPSA) is 127 Å². The van der Waals surface area contributed by atoms with Crippen molar-refractivity contribution in [2.45, 2.75) is 18.8 Å². The molecule has 30 heavy (non-hydrogen) atoms. The van der Waals surface area contributed by atoms with Crippen molar-refractivity contribution in [3.05, 3.63) is 40.9 Å². The Balaban J connectivity index is 0.00000320. The van der Waals surface area contributed by atoms with E-state index in [-0.39, 0.29) is 43.9 Å². The number of nitrogens with two attached hydrogens (primary N) is 1. The molecule has 1 fully saturated rings. The Bertz CT molecular complexity index is 887. The van der Waals surface area contributed by atoms with Gasteiger partial charge in [-0.1, -0.05) is 0 Å². The maximum Gasteiger partial charge on any atom is 0.409 e. The number of nitrogens with one attached hydrogen (secondary N) is 2. The number of anilines is 2. The summed E-state index contributed by atoms with van der Waals surface area (Å²) in [5.41, 5.74) is 7.42. The van der Waals surface area contributed by atoms with E-state index in [1.54, 1.807) is 29.2 Å². The molecule has 0 unspecified atom stereocenters. The van der Waals surface area contributed by atoms with E-state index in [0.717, 1.165) is 18.5 Å². The Hall–Kier alpha value is -2.79. The summed E-state index contributed by atoms with van der Waals surface area (Å²) in [5.74, 6) is -0.616. The summed E-state index contributed by atoms with van der Waals surface area (Å²) >= 11 is 1.31. The van der Waals surface area contributed by atoms with Gasteiger partial charge < -0.3 is 26.0 Å². The van der Waals surface area contributed by atoms with Crippen LogP contribution in [-0.4, -0.2) is 54.5 Å². The van der Waals surface area contributed by atoms with Gasteiger partial charge in [-0.2, -0.15) is 13.5 Å². The van der Waals surface area contributed by atoms with Gasteiger partial charge >= 0.3 is 6.09 Å². The van der Waals surface area contributed by atoms with Gasteiger partial charge in [0.25, 0.3) is 5.91 Å². The number of nitrogens with zero attached hydrogens (tertiary/aromatic N) is 2. The molecule has 0 bridgehead atoms. The third-order valence-electron chi connectivity index (χ3n) is 4.62. The van der Waals surface area contributed by atoms with Crippen LogP contribution in [0.4, 0.5) is 15.6 Å². The first kappa shape index (κ1) is 23.5. The van der Waals surface area contributed by atoms with Gasteiger partial charge in [0, 0.05) is 35.6 Å². The summed E-state index contributed by atoms with van der Waals surface area (Å²) in [5, 5.41) is 7.59. The van der Waals surface area contributed by atoms with Crippen molar-refractivity contribution in [1.29, 1.82) is 0 Å². The molecule has 3 rings (SSSR count). The van der Waals surface area contributed by atoms with E-state index in [2.05, 4.69) is 15.6 Å². The van der Waals surface area contributed by atoms with Crippen LogP contribution in [0.1, 0.15) is 34.8 Å². The number of carbonyl (C=O) groups is 3. The molecule has 0 radical (unpaired) electrons. The van der Waals surface area contributed by atoms with E-state index in [1.165, 1.54) is 18.4 Å². The second kappa shape index (κ2) is 10.8. The second-order valence-corrected chi connectivity index (χ2v) is 7.54. The lowest BCUT2D eigenvalue weighted by Gasteiger charge is -2.30. The lowest BCUT2D eigenvalue weighted by atomic mass is 9.96. The summed E-state index contributed by atoms with van der Waals surface area (Å²) < 4.78 is 4.79. The van der Waals surface area contributed by atoms with Crippen LogP contribution in [-0.2, 0) is 9.53 Å². The second-order valence-electron chi connectivity index (χ2n) is 6.69. The SMILES string of the molecule is COC(=O)N1CCC[C@H](c2csc(NC(=O)CNC(=O)c3ccc(N)cc3)n2)C1.S. The molecule has 1 saturated heterocycles. The third kappa shape index (κ3) is 6.10. The van der Waals surface area contributed by atoms with Gasteiger partial charge in [-0.25, -0.2) is 9.78 Å². The monoisotopic (exact) mass is 451 g/mol. The molecule has 1 aliphatic rings. The number of amides is 3. The van der Waals surface area contributed by atoms with Gasteiger partial charge in [0.2, 0.25) is 5.91 Å². The van der Waals surface area contributed by atoms with Crippen LogP contribution in [0.3, 0.4) is 0 Å². The van der Waals surface area contributed by atoms with E-state index < -0.39 is 0 Å². The quantitative estimate of drug-likeness (QED) is 0.598. The molecule has 1 aromatic heterocycles. The molecule has 1 aliphatic heterocycles. The predicted molar refractivity (Wildman–Crippen MR) is 120 cm³/mol. The standard InChI is InChI=1S/C19H23N5O4S.H2S/c1-28-19(27)24-8-2-3-13(10-24)15-11-29-18(22-15)23-16(25)9-21-17(26)12-4-6-14(20)7-5-12;/h4-7,11,13H,2-3,8-10,20H2,1H3,(H,21,26)(H,22,23,25);1H2/t13-;/m0./s1. The maximum atomic E-state index is 12.1. The Kier molecular flexibility index (Phi) is 8.48. The highest BCUT2D eigenvalue weighted by molar-refractivity contribution is 7.59. The summed E-state index contributed by atoms with van der Waals surface area (Å²) in [7, 11) is 1.37. The maximum absolute atomic E-state index is 12.1. The van der Waals surface area contributed by atoms with Crippen LogP contribution in [0, 0.1) is 0 Å². The normalized spacial score (nSPS) is 15.6. The first-order chi connectivity index (χ1) is 14.0.